The summed E-state index contributed by atoms with van der Waals surface area (Å²) >= 11 is 0. The van der Waals surface area contributed by atoms with E-state index >= 15 is 0 Å². The molecule has 0 unspecified atom stereocenters. The number of carbonyl (C=O) groups is 1. The van der Waals surface area contributed by atoms with E-state index in [2.05, 4.69) is 34.2 Å². The van der Waals surface area contributed by atoms with Crippen molar-refractivity contribution in [2.45, 2.75) is 51.0 Å². The lowest BCUT2D eigenvalue weighted by molar-refractivity contribution is -0.120. The predicted molar refractivity (Wildman–Crippen MR) is 106 cm³/mol. The molecule has 140 valence electrons. The molecule has 1 amide bonds. The zero-order valence-electron chi connectivity index (χ0n) is 15.4. The molecule has 0 radical (unpaired) electrons. The number of nitrogens with one attached hydrogen (secondary N) is 1. The van der Waals surface area contributed by atoms with Crippen molar-refractivity contribution in [3.63, 3.8) is 0 Å². The molecule has 1 aliphatic heterocycles. The minimum absolute atomic E-state index is 0. The van der Waals surface area contributed by atoms with Crippen molar-refractivity contribution in [2.24, 2.45) is 5.92 Å². The van der Waals surface area contributed by atoms with Crippen LogP contribution in [0.15, 0.2) is 18.2 Å². The number of amides is 1. The molecule has 1 aromatic rings. The second-order valence-electron chi connectivity index (χ2n) is 7.35. The predicted octanol–water partition coefficient (Wildman–Crippen LogP) is 3.55. The zero-order valence-corrected chi connectivity index (χ0v) is 16.2. The Morgan fingerprint density at radius 2 is 1.84 bits per heavy atom. The Morgan fingerprint density at radius 3 is 2.52 bits per heavy atom. The highest BCUT2D eigenvalue weighted by Crippen LogP contribution is 2.25. The summed E-state index contributed by atoms with van der Waals surface area (Å²) in [5.74, 6) is 1.94. The van der Waals surface area contributed by atoms with Crippen LogP contribution in [0.3, 0.4) is 0 Å². The molecule has 1 N–H and O–H groups in total. The van der Waals surface area contributed by atoms with Crippen molar-refractivity contribution >= 4 is 29.9 Å². The van der Waals surface area contributed by atoms with Gasteiger partial charge in [-0.05, 0) is 58.0 Å². The molecule has 5 nitrogen and oxygen atoms in total. The molecule has 0 aromatic carbocycles. The molecule has 1 aromatic heterocycles. The Balaban J connectivity index is 0.00000225. The van der Waals surface area contributed by atoms with Crippen LogP contribution in [0.1, 0.15) is 44.9 Å². The molecular formula is C19H31ClN4O. The van der Waals surface area contributed by atoms with Crippen LogP contribution in [0.4, 0.5) is 11.6 Å². The summed E-state index contributed by atoms with van der Waals surface area (Å²) in [5.41, 5.74) is 0. The van der Waals surface area contributed by atoms with Crippen LogP contribution in [0.5, 0.6) is 0 Å². The van der Waals surface area contributed by atoms with Crippen molar-refractivity contribution in [3.05, 3.63) is 18.2 Å². The molecule has 2 fully saturated rings. The second kappa shape index (κ2) is 9.39. The van der Waals surface area contributed by atoms with Gasteiger partial charge in [0.25, 0.3) is 0 Å². The average molecular weight is 367 g/mol. The van der Waals surface area contributed by atoms with Crippen molar-refractivity contribution in [1.82, 2.24) is 9.88 Å². The van der Waals surface area contributed by atoms with E-state index in [4.69, 9.17) is 0 Å². The molecule has 1 aliphatic carbocycles. The Hall–Kier alpha value is -1.33. The van der Waals surface area contributed by atoms with Gasteiger partial charge in [-0.25, -0.2) is 4.98 Å². The summed E-state index contributed by atoms with van der Waals surface area (Å²) in [6.45, 7) is 2.26. The quantitative estimate of drug-likeness (QED) is 0.885. The number of hydrogen-bond acceptors (Lipinski definition) is 4. The van der Waals surface area contributed by atoms with E-state index in [0.29, 0.717) is 11.9 Å². The molecule has 1 saturated heterocycles. The first-order valence-corrected chi connectivity index (χ1v) is 9.33. The number of hydrogen-bond donors (Lipinski definition) is 1. The fourth-order valence-corrected chi connectivity index (χ4v) is 3.85. The SMILES string of the molecule is CN1CCC(N(C)c2cccc(NC(=O)C3CCCCC3)n2)CC1.Cl. The van der Waals surface area contributed by atoms with Gasteiger partial charge in [0, 0.05) is 19.0 Å². The number of carbonyl (C=O) groups excluding carboxylic acids is 1. The minimum Gasteiger partial charge on any atom is -0.357 e. The van der Waals surface area contributed by atoms with E-state index in [9.17, 15) is 4.79 Å². The second-order valence-corrected chi connectivity index (χ2v) is 7.35. The number of likely N-dealkylation sites (tertiary alicyclic amines) is 1. The molecule has 0 spiro atoms. The lowest BCUT2D eigenvalue weighted by atomic mass is 9.89. The Kier molecular flexibility index (Phi) is 7.51. The largest absolute Gasteiger partial charge is 0.357 e. The maximum absolute atomic E-state index is 12.4. The van der Waals surface area contributed by atoms with Crippen LogP contribution in [0.25, 0.3) is 0 Å². The number of anilines is 2. The monoisotopic (exact) mass is 366 g/mol. The van der Waals surface area contributed by atoms with E-state index in [1.807, 2.05) is 18.2 Å². The van der Waals surface area contributed by atoms with Crippen LogP contribution in [-0.4, -0.2) is 49.0 Å². The van der Waals surface area contributed by atoms with Gasteiger partial charge in [-0.2, -0.15) is 0 Å². The van der Waals surface area contributed by atoms with E-state index in [-0.39, 0.29) is 24.2 Å². The number of aromatic nitrogens is 1. The molecule has 2 heterocycles. The van der Waals surface area contributed by atoms with Crippen LogP contribution >= 0.6 is 12.4 Å². The fraction of sp³-hybridized carbons (Fsp3) is 0.684. The van der Waals surface area contributed by atoms with Crippen molar-refractivity contribution < 1.29 is 4.79 Å². The maximum Gasteiger partial charge on any atom is 0.228 e. The van der Waals surface area contributed by atoms with Crippen LogP contribution in [-0.2, 0) is 4.79 Å². The fourth-order valence-electron chi connectivity index (χ4n) is 3.85. The van der Waals surface area contributed by atoms with Gasteiger partial charge in [-0.1, -0.05) is 25.3 Å². The zero-order chi connectivity index (χ0) is 16.9. The smallest absolute Gasteiger partial charge is 0.228 e. The number of nitrogens with zero attached hydrogens (tertiary/aromatic N) is 3. The first-order chi connectivity index (χ1) is 11.6. The molecule has 1 saturated carbocycles. The third-order valence-electron chi connectivity index (χ3n) is 5.56. The summed E-state index contributed by atoms with van der Waals surface area (Å²) in [5, 5.41) is 3.03. The number of pyridine rings is 1. The Morgan fingerprint density at radius 1 is 1.16 bits per heavy atom. The Bertz CT molecular complexity index is 554. The van der Waals surface area contributed by atoms with E-state index in [0.717, 1.165) is 44.6 Å². The van der Waals surface area contributed by atoms with Crippen molar-refractivity contribution in [2.75, 3.05) is 37.4 Å². The van der Waals surface area contributed by atoms with Gasteiger partial charge in [0.05, 0.1) is 0 Å². The maximum atomic E-state index is 12.4. The first kappa shape index (κ1) is 20.0. The van der Waals surface area contributed by atoms with Crippen LogP contribution in [0, 0.1) is 5.92 Å². The highest BCUT2D eigenvalue weighted by molar-refractivity contribution is 5.91. The molecule has 25 heavy (non-hydrogen) atoms. The van der Waals surface area contributed by atoms with Crippen LogP contribution in [0.2, 0.25) is 0 Å². The van der Waals surface area contributed by atoms with Gasteiger partial charge in [0.1, 0.15) is 11.6 Å². The van der Waals surface area contributed by atoms with Crippen molar-refractivity contribution in [3.8, 4) is 0 Å². The summed E-state index contributed by atoms with van der Waals surface area (Å²) in [6.07, 6.45) is 7.95. The normalized spacial score (nSPS) is 19.9. The van der Waals surface area contributed by atoms with Gasteiger partial charge in [-0.3, -0.25) is 4.79 Å². The summed E-state index contributed by atoms with van der Waals surface area (Å²) < 4.78 is 0. The summed E-state index contributed by atoms with van der Waals surface area (Å²) in [6, 6.07) is 6.45. The van der Waals surface area contributed by atoms with Crippen molar-refractivity contribution in [1.29, 1.82) is 0 Å². The number of rotatable bonds is 4. The Labute approximate surface area is 157 Å². The molecule has 0 bridgehead atoms. The third-order valence-corrected chi connectivity index (χ3v) is 5.56. The molecule has 3 rings (SSSR count). The standard InChI is InChI=1S/C19H30N4O.ClH/c1-22-13-11-16(12-14-22)23(2)18-10-6-9-17(20-18)21-19(24)15-7-4-3-5-8-15;/h6,9-10,15-16H,3-5,7-8,11-14H2,1-2H3,(H,20,21,24);1H. The lowest BCUT2D eigenvalue weighted by Crippen LogP contribution is -2.42. The molecule has 2 aliphatic rings. The van der Waals surface area contributed by atoms with Gasteiger partial charge < -0.3 is 15.1 Å². The first-order valence-electron chi connectivity index (χ1n) is 9.33. The minimum atomic E-state index is 0. The van der Waals surface area contributed by atoms with Gasteiger partial charge in [0.2, 0.25) is 5.91 Å². The molecule has 0 atom stereocenters. The van der Waals surface area contributed by atoms with Gasteiger partial charge in [-0.15, -0.1) is 12.4 Å². The van der Waals surface area contributed by atoms with Gasteiger partial charge in [0.15, 0.2) is 0 Å². The lowest BCUT2D eigenvalue weighted by Gasteiger charge is -2.35. The summed E-state index contributed by atoms with van der Waals surface area (Å²) in [4.78, 5) is 21.7. The summed E-state index contributed by atoms with van der Waals surface area (Å²) in [7, 11) is 4.29. The molecule has 6 heteroatoms. The van der Waals surface area contributed by atoms with E-state index in [1.54, 1.807) is 0 Å². The number of piperidine rings is 1. The van der Waals surface area contributed by atoms with Gasteiger partial charge >= 0.3 is 0 Å². The van der Waals surface area contributed by atoms with E-state index in [1.165, 1.54) is 19.3 Å². The van der Waals surface area contributed by atoms with Crippen LogP contribution < -0.4 is 10.2 Å². The average Bonchev–Trinajstić information content (AvgIpc) is 2.63. The third kappa shape index (κ3) is 5.32. The molecular weight excluding hydrogens is 336 g/mol. The number of halogens is 1. The topological polar surface area (TPSA) is 48.5 Å². The highest BCUT2D eigenvalue weighted by atomic mass is 35.5. The highest BCUT2D eigenvalue weighted by Gasteiger charge is 2.23. The van der Waals surface area contributed by atoms with E-state index < -0.39 is 0 Å².